The van der Waals surface area contributed by atoms with E-state index in [9.17, 15) is 45.3 Å². The molecule has 0 aromatic carbocycles. The van der Waals surface area contributed by atoms with Crippen molar-refractivity contribution >= 4 is 11.6 Å². The highest BCUT2D eigenvalue weighted by Gasteiger charge is 2.75. The zero-order valence-electron chi connectivity index (χ0n) is 34.1. The van der Waals surface area contributed by atoms with Crippen molar-refractivity contribution in [3.63, 3.8) is 0 Å². The quantitative estimate of drug-likeness (QED) is 0.183. The second-order valence-corrected chi connectivity index (χ2v) is 19.7. The third-order valence-corrected chi connectivity index (χ3v) is 16.0. The number of rotatable bonds is 7. The number of allylic oxidation sites excluding steroid dienone is 2. The van der Waals surface area contributed by atoms with Gasteiger partial charge in [-0.15, -0.1) is 0 Å². The van der Waals surface area contributed by atoms with Gasteiger partial charge in [-0.25, -0.2) is 0 Å². The van der Waals surface area contributed by atoms with Crippen molar-refractivity contribution in [2.24, 2.45) is 45.3 Å². The molecule has 3 aliphatic heterocycles. The molecule has 0 amide bonds. The summed E-state index contributed by atoms with van der Waals surface area (Å²) in [4.78, 5) is 28.6. The Morgan fingerprint density at radius 1 is 0.839 bits per heavy atom. The number of aliphatic hydroxyl groups is 7. The number of carbonyl (C=O) groups is 2. The largest absolute Gasteiger partial charge is 0.483 e. The van der Waals surface area contributed by atoms with Gasteiger partial charge in [0.2, 0.25) is 5.78 Å². The Bertz CT molecular complexity index is 1630. The number of aliphatic hydroxyl groups excluding tert-OH is 7. The molecule has 19 unspecified atom stereocenters. The molecule has 56 heavy (non-hydrogen) atoms. The van der Waals surface area contributed by atoms with E-state index in [-0.39, 0.29) is 35.7 Å². The molecule has 3 saturated carbocycles. The van der Waals surface area contributed by atoms with E-state index in [1.54, 1.807) is 13.0 Å². The van der Waals surface area contributed by atoms with Crippen LogP contribution in [0.2, 0.25) is 0 Å². The van der Waals surface area contributed by atoms with Crippen LogP contribution in [0.15, 0.2) is 23.5 Å². The molecule has 316 valence electrons. The van der Waals surface area contributed by atoms with E-state index in [0.29, 0.717) is 31.4 Å². The lowest BCUT2D eigenvalue weighted by Gasteiger charge is -2.65. The average molecular weight is 793 g/mol. The lowest BCUT2D eigenvalue weighted by atomic mass is 9.38. The van der Waals surface area contributed by atoms with E-state index < -0.39 is 113 Å². The molecule has 14 nitrogen and oxygen atoms in total. The maximum Gasteiger partial charge on any atom is 0.202 e. The normalized spacial score (nSPS) is 52.8. The highest BCUT2D eigenvalue weighted by molar-refractivity contribution is 6.00. The summed E-state index contributed by atoms with van der Waals surface area (Å²) in [5.41, 5.74) is -2.90. The standard InChI is InChI=1S/C42H64O14/c1-18(2)23-14-26(45)42(9,56-23)35-22(44)15-39(6)25-12-10-20-21(41(25,8)27(46)16-40(35,39)7)11-13-28(38(20,4)5)54-37-34(32(50)30(48)24(17-43)53-37)55-36-33(51)31(49)29(47)19(3)52-36/h10,14,18-19,21-22,24-25,28-37,43-44,47-51H,11-13,15-17H2,1-9H3. The molecular formula is C42H64O14. The van der Waals surface area contributed by atoms with Gasteiger partial charge in [0.25, 0.3) is 0 Å². The topological polar surface area (TPSA) is 222 Å². The van der Waals surface area contributed by atoms with Crippen molar-refractivity contribution in [1.29, 1.82) is 0 Å². The number of hydrogen-bond donors (Lipinski definition) is 7. The van der Waals surface area contributed by atoms with Crippen molar-refractivity contribution in [3.8, 4) is 0 Å². The molecule has 7 aliphatic rings. The van der Waals surface area contributed by atoms with Gasteiger partial charge in [0.05, 0.1) is 24.9 Å². The van der Waals surface area contributed by atoms with Gasteiger partial charge in [0, 0.05) is 35.2 Å². The van der Waals surface area contributed by atoms with E-state index in [4.69, 9.17) is 23.7 Å². The Hall–Kier alpha value is -1.82. The van der Waals surface area contributed by atoms with Crippen LogP contribution in [0.25, 0.3) is 0 Å². The average Bonchev–Trinajstić information content (AvgIpc) is 3.54. The number of ketones is 2. The first-order valence-electron chi connectivity index (χ1n) is 20.5. The van der Waals surface area contributed by atoms with Crippen LogP contribution < -0.4 is 0 Å². The van der Waals surface area contributed by atoms with Gasteiger partial charge in [0.1, 0.15) is 54.3 Å². The molecule has 0 bridgehead atoms. The van der Waals surface area contributed by atoms with Gasteiger partial charge < -0.3 is 59.4 Å². The van der Waals surface area contributed by atoms with E-state index in [2.05, 4.69) is 26.8 Å². The van der Waals surface area contributed by atoms with Crippen LogP contribution in [0.3, 0.4) is 0 Å². The Kier molecular flexibility index (Phi) is 10.7. The molecule has 5 fully saturated rings. The fraction of sp³-hybridized carbons (Fsp3) is 0.857. The van der Waals surface area contributed by atoms with Gasteiger partial charge in [-0.05, 0) is 62.2 Å². The molecule has 0 aromatic rings. The summed E-state index contributed by atoms with van der Waals surface area (Å²) >= 11 is 0. The van der Waals surface area contributed by atoms with Crippen LogP contribution >= 0.6 is 0 Å². The van der Waals surface area contributed by atoms with Gasteiger partial charge >= 0.3 is 0 Å². The van der Waals surface area contributed by atoms with Gasteiger partial charge in [-0.2, -0.15) is 0 Å². The van der Waals surface area contributed by atoms with Crippen molar-refractivity contribution in [2.45, 2.75) is 174 Å². The molecule has 0 aromatic heterocycles. The number of hydrogen-bond acceptors (Lipinski definition) is 14. The Labute approximate surface area is 329 Å². The second-order valence-electron chi connectivity index (χ2n) is 19.7. The predicted octanol–water partition coefficient (Wildman–Crippen LogP) is 1.68. The van der Waals surface area contributed by atoms with Crippen LogP contribution in [0.1, 0.15) is 94.4 Å². The summed E-state index contributed by atoms with van der Waals surface area (Å²) in [5, 5.41) is 75.3. The van der Waals surface area contributed by atoms with E-state index >= 15 is 0 Å². The molecule has 19 atom stereocenters. The Morgan fingerprint density at radius 2 is 1.52 bits per heavy atom. The minimum atomic E-state index is -1.69. The number of carbonyl (C=O) groups excluding carboxylic acids is 2. The van der Waals surface area contributed by atoms with Crippen LogP contribution in [0, 0.1) is 45.3 Å². The lowest BCUT2D eigenvalue weighted by molar-refractivity contribution is -0.372. The highest BCUT2D eigenvalue weighted by Crippen LogP contribution is 2.74. The zero-order valence-corrected chi connectivity index (χ0v) is 34.1. The molecule has 0 spiro atoms. The minimum Gasteiger partial charge on any atom is -0.483 e. The van der Waals surface area contributed by atoms with Gasteiger partial charge in [-0.3, -0.25) is 9.59 Å². The minimum absolute atomic E-state index is 0.00153. The summed E-state index contributed by atoms with van der Waals surface area (Å²) in [7, 11) is 0. The van der Waals surface area contributed by atoms with Crippen molar-refractivity contribution < 1.29 is 69.0 Å². The zero-order chi connectivity index (χ0) is 41.2. The second kappa shape index (κ2) is 14.1. The molecule has 7 rings (SSSR count). The van der Waals surface area contributed by atoms with E-state index in [1.807, 2.05) is 27.7 Å². The first-order valence-corrected chi connectivity index (χ1v) is 20.5. The Balaban J connectivity index is 1.16. The van der Waals surface area contributed by atoms with Crippen LogP contribution in [0.4, 0.5) is 0 Å². The molecule has 7 N–H and O–H groups in total. The van der Waals surface area contributed by atoms with Crippen molar-refractivity contribution in [1.82, 2.24) is 0 Å². The van der Waals surface area contributed by atoms with E-state index in [0.717, 1.165) is 5.57 Å². The maximum atomic E-state index is 14.9. The van der Waals surface area contributed by atoms with Crippen LogP contribution in [-0.2, 0) is 33.3 Å². The lowest BCUT2D eigenvalue weighted by Crippen LogP contribution is -2.66. The first kappa shape index (κ1) is 42.3. The summed E-state index contributed by atoms with van der Waals surface area (Å²) in [5.74, 6) is -0.314. The SMILES string of the molecule is CC(C)C1=CC(=O)C(C)(C2C(O)CC3(C)C4CC=C5C(CCC(OC6OC(CO)C(O)C(O)C6OC6OC(C)C(O)C(O)C6O)C5(C)C)C4(C)C(=O)CC23C)O1. The monoisotopic (exact) mass is 792 g/mol. The predicted molar refractivity (Wildman–Crippen MR) is 198 cm³/mol. The molecule has 3 heterocycles. The molecule has 0 radical (unpaired) electrons. The van der Waals surface area contributed by atoms with Gasteiger partial charge in [-0.1, -0.05) is 60.1 Å². The molecule has 14 heteroatoms. The number of Topliss-reactive ketones (excluding diaryl/α,β-unsaturated/α-hetero) is 1. The molecule has 4 aliphatic carbocycles. The third kappa shape index (κ3) is 5.90. The van der Waals surface area contributed by atoms with Gasteiger partial charge in [0.15, 0.2) is 18.2 Å². The van der Waals surface area contributed by atoms with Crippen molar-refractivity contribution in [3.05, 3.63) is 23.5 Å². The third-order valence-electron chi connectivity index (χ3n) is 16.0. The molecule has 2 saturated heterocycles. The maximum absolute atomic E-state index is 14.9. The fourth-order valence-corrected chi connectivity index (χ4v) is 12.5. The summed E-state index contributed by atoms with van der Waals surface area (Å²) in [6.45, 7) is 17.0. The van der Waals surface area contributed by atoms with Crippen LogP contribution in [-0.4, -0.2) is 133 Å². The van der Waals surface area contributed by atoms with E-state index in [1.165, 1.54) is 6.92 Å². The number of ether oxygens (including phenoxy) is 5. The fourth-order valence-electron chi connectivity index (χ4n) is 12.5. The van der Waals surface area contributed by atoms with Crippen LogP contribution in [0.5, 0.6) is 0 Å². The summed E-state index contributed by atoms with van der Waals surface area (Å²) in [6, 6.07) is 0. The summed E-state index contributed by atoms with van der Waals surface area (Å²) in [6.07, 6.45) is -9.67. The van der Waals surface area contributed by atoms with Crippen molar-refractivity contribution in [2.75, 3.05) is 6.61 Å². The first-order chi connectivity index (χ1) is 26.0. The highest BCUT2D eigenvalue weighted by atomic mass is 16.8. The number of fused-ring (bicyclic) bond motifs is 5. The Morgan fingerprint density at radius 3 is 2.14 bits per heavy atom. The smallest absolute Gasteiger partial charge is 0.202 e. The molecular weight excluding hydrogens is 728 g/mol. The summed E-state index contributed by atoms with van der Waals surface area (Å²) < 4.78 is 30.7.